The SMILES string of the molecule is Cc1c[nH]nc1-c1cc(Nc2ccc(N3CCC(O)CC3)cn2)c2c(=O)[nH]ccc2n1. The Bertz CT molecular complexity index is 1270. The monoisotopic (exact) mass is 417 g/mol. The molecular formula is C22H23N7O2. The topological polar surface area (TPSA) is 123 Å². The van der Waals surface area contributed by atoms with Crippen molar-refractivity contribution < 1.29 is 5.11 Å². The van der Waals surface area contributed by atoms with Gasteiger partial charge in [0.2, 0.25) is 0 Å². The van der Waals surface area contributed by atoms with Gasteiger partial charge < -0.3 is 20.3 Å². The number of piperidine rings is 1. The number of rotatable bonds is 4. The molecule has 0 atom stereocenters. The largest absolute Gasteiger partial charge is 0.393 e. The maximum absolute atomic E-state index is 12.5. The van der Waals surface area contributed by atoms with Gasteiger partial charge in [-0.15, -0.1) is 0 Å². The van der Waals surface area contributed by atoms with Crippen LogP contribution in [0.2, 0.25) is 0 Å². The third kappa shape index (κ3) is 3.75. The van der Waals surface area contributed by atoms with Crippen molar-refractivity contribution in [3.8, 4) is 11.4 Å². The molecule has 4 aromatic rings. The van der Waals surface area contributed by atoms with Gasteiger partial charge in [0.05, 0.1) is 40.3 Å². The van der Waals surface area contributed by atoms with Gasteiger partial charge in [0.25, 0.3) is 5.56 Å². The summed E-state index contributed by atoms with van der Waals surface area (Å²) in [5.41, 5.74) is 4.37. The second kappa shape index (κ2) is 7.84. The molecule has 31 heavy (non-hydrogen) atoms. The Balaban J connectivity index is 1.49. The van der Waals surface area contributed by atoms with Crippen LogP contribution >= 0.6 is 0 Å². The first kappa shape index (κ1) is 19.3. The van der Waals surface area contributed by atoms with Gasteiger partial charge in [-0.25, -0.2) is 9.97 Å². The standard InChI is InChI=1S/C22H23N7O2/c1-13-11-25-28-21(13)18-10-17(20-16(26-18)4-7-23-22(20)31)27-19-3-2-14(12-24-19)29-8-5-15(30)6-9-29/h2-4,7,10-12,15,30H,5-6,8-9H2,1H3,(H,23,31)(H,25,28)(H,24,26,27). The summed E-state index contributed by atoms with van der Waals surface area (Å²) in [4.78, 5) is 26.6. The molecule has 1 fully saturated rings. The van der Waals surface area contributed by atoms with Crippen molar-refractivity contribution in [3.05, 3.63) is 58.8 Å². The van der Waals surface area contributed by atoms with Crippen molar-refractivity contribution in [2.24, 2.45) is 0 Å². The number of H-pyrrole nitrogens is 2. The molecule has 0 unspecified atom stereocenters. The van der Waals surface area contributed by atoms with E-state index in [2.05, 4.69) is 35.4 Å². The number of aliphatic hydroxyl groups is 1. The maximum Gasteiger partial charge on any atom is 0.259 e. The molecule has 0 spiro atoms. The van der Waals surface area contributed by atoms with Crippen molar-refractivity contribution in [2.75, 3.05) is 23.3 Å². The highest BCUT2D eigenvalue weighted by atomic mass is 16.3. The fraction of sp³-hybridized carbons (Fsp3) is 0.273. The van der Waals surface area contributed by atoms with Crippen LogP contribution in [0.5, 0.6) is 0 Å². The Hall–Kier alpha value is -3.72. The molecule has 158 valence electrons. The number of aromatic nitrogens is 5. The van der Waals surface area contributed by atoms with E-state index in [-0.39, 0.29) is 11.7 Å². The highest BCUT2D eigenvalue weighted by Gasteiger charge is 2.18. The smallest absolute Gasteiger partial charge is 0.259 e. The number of fused-ring (bicyclic) bond motifs is 1. The van der Waals surface area contributed by atoms with E-state index in [0.717, 1.165) is 42.9 Å². The normalized spacial score (nSPS) is 14.8. The minimum absolute atomic E-state index is 0.212. The number of aromatic amines is 2. The van der Waals surface area contributed by atoms with Crippen molar-refractivity contribution in [1.29, 1.82) is 0 Å². The van der Waals surface area contributed by atoms with E-state index in [9.17, 15) is 9.90 Å². The van der Waals surface area contributed by atoms with E-state index in [1.807, 2.05) is 37.5 Å². The third-order valence-corrected chi connectivity index (χ3v) is 5.64. The fourth-order valence-electron chi connectivity index (χ4n) is 3.93. The van der Waals surface area contributed by atoms with Crippen molar-refractivity contribution in [1.82, 2.24) is 25.1 Å². The van der Waals surface area contributed by atoms with Gasteiger partial charge in [-0.3, -0.25) is 9.89 Å². The zero-order valence-electron chi connectivity index (χ0n) is 17.1. The summed E-state index contributed by atoms with van der Waals surface area (Å²) in [6.07, 6.45) is 6.53. The molecule has 0 aliphatic carbocycles. The lowest BCUT2D eigenvalue weighted by Gasteiger charge is -2.31. The summed E-state index contributed by atoms with van der Waals surface area (Å²) in [6.45, 7) is 3.58. The van der Waals surface area contributed by atoms with Crippen LogP contribution in [-0.4, -0.2) is 49.4 Å². The second-order valence-corrected chi connectivity index (χ2v) is 7.78. The van der Waals surface area contributed by atoms with Crippen molar-refractivity contribution in [3.63, 3.8) is 0 Å². The minimum atomic E-state index is -0.221. The molecular weight excluding hydrogens is 394 g/mol. The molecule has 4 aromatic heterocycles. The van der Waals surface area contributed by atoms with Crippen LogP contribution in [0, 0.1) is 6.92 Å². The van der Waals surface area contributed by atoms with Gasteiger partial charge in [-0.1, -0.05) is 0 Å². The quantitative estimate of drug-likeness (QED) is 0.403. The molecule has 5 heterocycles. The second-order valence-electron chi connectivity index (χ2n) is 7.78. The van der Waals surface area contributed by atoms with E-state index in [1.54, 1.807) is 12.3 Å². The molecule has 9 heteroatoms. The molecule has 0 saturated carbocycles. The molecule has 1 aliphatic rings. The van der Waals surface area contributed by atoms with Gasteiger partial charge in [-0.05, 0) is 49.6 Å². The van der Waals surface area contributed by atoms with Crippen LogP contribution in [0.4, 0.5) is 17.2 Å². The van der Waals surface area contributed by atoms with Gasteiger partial charge >= 0.3 is 0 Å². The average Bonchev–Trinajstić information content (AvgIpc) is 3.21. The van der Waals surface area contributed by atoms with Crippen molar-refractivity contribution >= 4 is 28.1 Å². The van der Waals surface area contributed by atoms with Gasteiger partial charge in [0.15, 0.2) is 0 Å². The summed E-state index contributed by atoms with van der Waals surface area (Å²) >= 11 is 0. The highest BCUT2D eigenvalue weighted by Crippen LogP contribution is 2.29. The van der Waals surface area contributed by atoms with Crippen LogP contribution in [0.25, 0.3) is 22.3 Å². The highest BCUT2D eigenvalue weighted by molar-refractivity contribution is 5.94. The molecule has 0 amide bonds. The first-order valence-electron chi connectivity index (χ1n) is 10.3. The molecule has 0 bridgehead atoms. The van der Waals surface area contributed by atoms with Crippen molar-refractivity contribution in [2.45, 2.75) is 25.9 Å². The minimum Gasteiger partial charge on any atom is -0.393 e. The number of nitrogens with zero attached hydrogens (tertiary/aromatic N) is 4. The van der Waals surface area contributed by atoms with E-state index in [1.165, 1.54) is 0 Å². The summed E-state index contributed by atoms with van der Waals surface area (Å²) < 4.78 is 0. The Morgan fingerprint density at radius 1 is 1.23 bits per heavy atom. The number of pyridine rings is 3. The summed E-state index contributed by atoms with van der Waals surface area (Å²) in [7, 11) is 0. The summed E-state index contributed by atoms with van der Waals surface area (Å²) in [5, 5.41) is 20.6. The number of aliphatic hydroxyl groups excluding tert-OH is 1. The Morgan fingerprint density at radius 2 is 2.06 bits per heavy atom. The number of anilines is 3. The van der Waals surface area contributed by atoms with Gasteiger partial charge in [0.1, 0.15) is 11.5 Å². The number of hydrogen-bond donors (Lipinski definition) is 4. The molecule has 0 radical (unpaired) electrons. The summed E-state index contributed by atoms with van der Waals surface area (Å²) in [5.74, 6) is 0.626. The maximum atomic E-state index is 12.5. The number of aryl methyl sites for hydroxylation is 1. The lowest BCUT2D eigenvalue weighted by Crippen LogP contribution is -2.35. The fourth-order valence-corrected chi connectivity index (χ4v) is 3.93. The Labute approximate surface area is 178 Å². The third-order valence-electron chi connectivity index (χ3n) is 5.64. The zero-order chi connectivity index (χ0) is 21.4. The summed E-state index contributed by atoms with van der Waals surface area (Å²) in [6, 6.07) is 7.49. The lowest BCUT2D eigenvalue weighted by molar-refractivity contribution is 0.145. The van der Waals surface area contributed by atoms with E-state index in [4.69, 9.17) is 0 Å². The van der Waals surface area contributed by atoms with Gasteiger partial charge in [-0.2, -0.15) is 5.10 Å². The van der Waals surface area contributed by atoms with Crippen LogP contribution in [0.15, 0.2) is 47.7 Å². The predicted molar refractivity (Wildman–Crippen MR) is 120 cm³/mol. The average molecular weight is 417 g/mol. The van der Waals surface area contributed by atoms with Crippen LogP contribution < -0.4 is 15.8 Å². The molecule has 4 N–H and O–H groups in total. The van der Waals surface area contributed by atoms with Crippen LogP contribution in [0.3, 0.4) is 0 Å². The lowest BCUT2D eigenvalue weighted by atomic mass is 10.1. The zero-order valence-corrected chi connectivity index (χ0v) is 17.1. The number of hydrogen-bond acceptors (Lipinski definition) is 7. The Morgan fingerprint density at radius 3 is 2.77 bits per heavy atom. The first-order chi connectivity index (χ1) is 15.1. The first-order valence-corrected chi connectivity index (χ1v) is 10.3. The van der Waals surface area contributed by atoms with E-state index in [0.29, 0.717) is 28.1 Å². The van der Waals surface area contributed by atoms with Crippen LogP contribution in [0.1, 0.15) is 18.4 Å². The molecule has 1 aliphatic heterocycles. The van der Waals surface area contributed by atoms with Gasteiger partial charge in [0, 0.05) is 25.5 Å². The number of nitrogens with one attached hydrogen (secondary N) is 3. The molecule has 1 saturated heterocycles. The van der Waals surface area contributed by atoms with Crippen LogP contribution in [-0.2, 0) is 0 Å². The Kier molecular flexibility index (Phi) is 4.87. The molecule has 5 rings (SSSR count). The molecule has 9 nitrogen and oxygen atoms in total. The molecule has 0 aromatic carbocycles. The van der Waals surface area contributed by atoms with E-state index >= 15 is 0 Å². The predicted octanol–water partition coefficient (Wildman–Crippen LogP) is 2.72. The van der Waals surface area contributed by atoms with E-state index < -0.39 is 0 Å².